The number of hydrogen-bond donors (Lipinski definition) is 1. The SMILES string of the molecule is CCOC(=O)c1cc(CC)sc1NC(=O)C(C)Cl. The molecule has 1 amide bonds. The van der Waals surface area contributed by atoms with Crippen LogP contribution in [-0.4, -0.2) is 23.9 Å². The van der Waals surface area contributed by atoms with Gasteiger partial charge in [-0.15, -0.1) is 22.9 Å². The van der Waals surface area contributed by atoms with Crippen molar-refractivity contribution in [3.63, 3.8) is 0 Å². The number of alkyl halides is 1. The van der Waals surface area contributed by atoms with Gasteiger partial charge in [-0.3, -0.25) is 4.79 Å². The first-order valence-electron chi connectivity index (χ1n) is 5.74. The number of nitrogens with one attached hydrogen (secondary N) is 1. The van der Waals surface area contributed by atoms with Crippen LogP contribution in [0.3, 0.4) is 0 Å². The Morgan fingerprint density at radius 2 is 2.17 bits per heavy atom. The molecule has 0 saturated carbocycles. The first-order chi connectivity index (χ1) is 8.49. The normalized spacial score (nSPS) is 12.0. The predicted molar refractivity (Wildman–Crippen MR) is 73.6 cm³/mol. The topological polar surface area (TPSA) is 55.4 Å². The Labute approximate surface area is 115 Å². The molecule has 1 aromatic heterocycles. The van der Waals surface area contributed by atoms with E-state index in [2.05, 4.69) is 5.32 Å². The average molecular weight is 290 g/mol. The fourth-order valence-electron chi connectivity index (χ4n) is 1.28. The van der Waals surface area contributed by atoms with Crippen LogP contribution in [0.5, 0.6) is 0 Å². The maximum Gasteiger partial charge on any atom is 0.341 e. The summed E-state index contributed by atoms with van der Waals surface area (Å²) >= 11 is 7.06. The van der Waals surface area contributed by atoms with Gasteiger partial charge in [-0.05, 0) is 26.3 Å². The number of amides is 1. The minimum Gasteiger partial charge on any atom is -0.462 e. The molecular weight excluding hydrogens is 274 g/mol. The van der Waals surface area contributed by atoms with Crippen LogP contribution in [0.1, 0.15) is 36.0 Å². The van der Waals surface area contributed by atoms with Crippen molar-refractivity contribution in [3.05, 3.63) is 16.5 Å². The maximum absolute atomic E-state index is 11.7. The summed E-state index contributed by atoms with van der Waals surface area (Å²) in [7, 11) is 0. The van der Waals surface area contributed by atoms with E-state index < -0.39 is 11.3 Å². The lowest BCUT2D eigenvalue weighted by molar-refractivity contribution is -0.115. The van der Waals surface area contributed by atoms with E-state index in [0.29, 0.717) is 17.2 Å². The van der Waals surface area contributed by atoms with Gasteiger partial charge in [0.1, 0.15) is 10.4 Å². The summed E-state index contributed by atoms with van der Waals surface area (Å²) < 4.78 is 4.95. The molecule has 1 unspecified atom stereocenters. The van der Waals surface area contributed by atoms with Gasteiger partial charge in [-0.1, -0.05) is 6.92 Å². The summed E-state index contributed by atoms with van der Waals surface area (Å²) in [5.74, 6) is -0.752. The highest BCUT2D eigenvalue weighted by atomic mass is 35.5. The standard InChI is InChI=1S/C12H16ClNO3S/c1-4-8-6-9(12(16)17-5-2)11(18-8)14-10(15)7(3)13/h6-7H,4-5H2,1-3H3,(H,14,15). The van der Waals surface area contributed by atoms with E-state index in [4.69, 9.17) is 16.3 Å². The van der Waals surface area contributed by atoms with Crippen molar-refractivity contribution in [1.29, 1.82) is 0 Å². The molecule has 4 nitrogen and oxygen atoms in total. The van der Waals surface area contributed by atoms with Gasteiger partial charge in [-0.2, -0.15) is 0 Å². The third-order valence-corrected chi connectivity index (χ3v) is 3.62. The van der Waals surface area contributed by atoms with Crippen LogP contribution in [0.25, 0.3) is 0 Å². The van der Waals surface area contributed by atoms with E-state index in [1.54, 1.807) is 19.9 Å². The number of ether oxygens (including phenoxy) is 1. The second-order valence-electron chi connectivity index (χ2n) is 3.63. The predicted octanol–water partition coefficient (Wildman–Crippen LogP) is 3.05. The first kappa shape index (κ1) is 15.0. The zero-order chi connectivity index (χ0) is 13.7. The third-order valence-electron chi connectivity index (χ3n) is 2.22. The molecule has 1 atom stereocenters. The van der Waals surface area contributed by atoms with Gasteiger partial charge >= 0.3 is 5.97 Å². The van der Waals surface area contributed by atoms with Crippen molar-refractivity contribution < 1.29 is 14.3 Å². The minimum atomic E-state index is -0.646. The Bertz CT molecular complexity index is 443. The molecule has 0 aromatic carbocycles. The molecule has 1 aromatic rings. The highest BCUT2D eigenvalue weighted by molar-refractivity contribution is 7.16. The summed E-state index contributed by atoms with van der Waals surface area (Å²) in [6.45, 7) is 5.60. The van der Waals surface area contributed by atoms with Gasteiger partial charge in [0.05, 0.1) is 12.2 Å². The summed E-state index contributed by atoms with van der Waals surface area (Å²) in [4.78, 5) is 24.3. The van der Waals surface area contributed by atoms with Gasteiger partial charge in [0.2, 0.25) is 5.91 Å². The fraction of sp³-hybridized carbons (Fsp3) is 0.500. The van der Waals surface area contributed by atoms with E-state index in [1.807, 2.05) is 6.92 Å². The van der Waals surface area contributed by atoms with Crippen molar-refractivity contribution in [3.8, 4) is 0 Å². The molecule has 100 valence electrons. The lowest BCUT2D eigenvalue weighted by Gasteiger charge is -2.06. The number of hydrogen-bond acceptors (Lipinski definition) is 4. The number of carbonyl (C=O) groups is 2. The molecule has 0 aliphatic heterocycles. The highest BCUT2D eigenvalue weighted by Gasteiger charge is 2.19. The minimum absolute atomic E-state index is 0.301. The largest absolute Gasteiger partial charge is 0.462 e. The lowest BCUT2D eigenvalue weighted by atomic mass is 10.2. The van der Waals surface area contributed by atoms with Crippen LogP contribution in [-0.2, 0) is 16.0 Å². The molecule has 0 radical (unpaired) electrons. The second kappa shape index (κ2) is 6.75. The van der Waals surface area contributed by atoms with Crippen LogP contribution < -0.4 is 5.32 Å². The van der Waals surface area contributed by atoms with Crippen LogP contribution in [0.15, 0.2) is 6.07 Å². The molecule has 1 heterocycles. The molecule has 6 heteroatoms. The summed E-state index contributed by atoms with van der Waals surface area (Å²) in [6, 6.07) is 1.75. The van der Waals surface area contributed by atoms with Crippen molar-refractivity contribution in [2.45, 2.75) is 32.6 Å². The van der Waals surface area contributed by atoms with E-state index in [9.17, 15) is 9.59 Å². The number of thiophene rings is 1. The van der Waals surface area contributed by atoms with Gasteiger partial charge in [0, 0.05) is 4.88 Å². The molecule has 0 aliphatic carbocycles. The Kier molecular flexibility index (Phi) is 5.62. The van der Waals surface area contributed by atoms with Crippen molar-refractivity contribution in [1.82, 2.24) is 0 Å². The molecule has 0 bridgehead atoms. The van der Waals surface area contributed by atoms with Crippen LogP contribution in [0.2, 0.25) is 0 Å². The molecule has 0 saturated heterocycles. The number of anilines is 1. The Balaban J connectivity index is 2.98. The summed E-state index contributed by atoms with van der Waals surface area (Å²) in [5, 5.41) is 2.51. The zero-order valence-corrected chi connectivity index (χ0v) is 12.2. The van der Waals surface area contributed by atoms with Gasteiger partial charge in [0.15, 0.2) is 0 Å². The van der Waals surface area contributed by atoms with E-state index in [0.717, 1.165) is 11.3 Å². The Morgan fingerprint density at radius 1 is 1.50 bits per heavy atom. The van der Waals surface area contributed by atoms with E-state index in [1.165, 1.54) is 11.3 Å². The molecule has 0 aliphatic rings. The van der Waals surface area contributed by atoms with Gasteiger partial charge in [0.25, 0.3) is 0 Å². The smallest absolute Gasteiger partial charge is 0.341 e. The summed E-state index contributed by atoms with van der Waals surface area (Å²) in [5.41, 5.74) is 0.393. The highest BCUT2D eigenvalue weighted by Crippen LogP contribution is 2.29. The molecular formula is C12H16ClNO3S. The second-order valence-corrected chi connectivity index (χ2v) is 5.43. The third kappa shape index (κ3) is 3.71. The van der Waals surface area contributed by atoms with Crippen molar-refractivity contribution in [2.75, 3.05) is 11.9 Å². The average Bonchev–Trinajstić information content (AvgIpc) is 2.72. The first-order valence-corrected chi connectivity index (χ1v) is 6.99. The zero-order valence-electron chi connectivity index (χ0n) is 10.6. The quantitative estimate of drug-likeness (QED) is 0.669. The number of aryl methyl sites for hydroxylation is 1. The number of esters is 1. The van der Waals surface area contributed by atoms with Gasteiger partial charge in [-0.25, -0.2) is 4.79 Å². The number of halogens is 1. The lowest BCUT2D eigenvalue weighted by Crippen LogP contribution is -2.21. The van der Waals surface area contributed by atoms with Crippen molar-refractivity contribution in [2.24, 2.45) is 0 Å². The molecule has 0 fully saturated rings. The van der Waals surface area contributed by atoms with E-state index >= 15 is 0 Å². The molecule has 0 spiro atoms. The molecule has 1 rings (SSSR count). The number of carbonyl (C=O) groups excluding carboxylic acids is 2. The monoisotopic (exact) mass is 289 g/mol. The van der Waals surface area contributed by atoms with Crippen LogP contribution in [0.4, 0.5) is 5.00 Å². The van der Waals surface area contributed by atoms with Crippen LogP contribution in [0, 0.1) is 0 Å². The van der Waals surface area contributed by atoms with E-state index in [-0.39, 0.29) is 5.91 Å². The fourth-order valence-corrected chi connectivity index (χ4v) is 2.32. The number of rotatable bonds is 5. The Morgan fingerprint density at radius 3 is 2.67 bits per heavy atom. The maximum atomic E-state index is 11.7. The van der Waals surface area contributed by atoms with Crippen LogP contribution >= 0.6 is 22.9 Å². The van der Waals surface area contributed by atoms with Crippen molar-refractivity contribution >= 4 is 39.8 Å². The molecule has 18 heavy (non-hydrogen) atoms. The van der Waals surface area contributed by atoms with Gasteiger partial charge < -0.3 is 10.1 Å². The summed E-state index contributed by atoms with van der Waals surface area (Å²) in [6.07, 6.45) is 0.795. The Hall–Kier alpha value is -1.07. The molecule has 1 N–H and O–H groups in total.